The number of hydrogen-bond donors (Lipinski definition) is 2. The van der Waals surface area contributed by atoms with E-state index < -0.39 is 0 Å². The Kier molecular flexibility index (Phi) is 7.81. The van der Waals surface area contributed by atoms with Crippen LogP contribution in [0.4, 0.5) is 5.69 Å². The topological polar surface area (TPSA) is 67.6 Å². The van der Waals surface area contributed by atoms with Crippen molar-refractivity contribution in [3.63, 3.8) is 0 Å². The highest BCUT2D eigenvalue weighted by Gasteiger charge is 2.19. The van der Waals surface area contributed by atoms with Crippen molar-refractivity contribution in [1.29, 1.82) is 0 Å². The fourth-order valence-electron chi connectivity index (χ4n) is 3.76. The van der Waals surface area contributed by atoms with Crippen LogP contribution in [-0.4, -0.2) is 38.8 Å². The molecule has 156 valence electrons. The van der Waals surface area contributed by atoms with Gasteiger partial charge in [0.2, 0.25) is 0 Å². The molecule has 2 heterocycles. The van der Waals surface area contributed by atoms with Gasteiger partial charge in [-0.1, -0.05) is 44.2 Å². The molecule has 2 unspecified atom stereocenters. The van der Waals surface area contributed by atoms with E-state index in [2.05, 4.69) is 22.3 Å². The van der Waals surface area contributed by atoms with Crippen molar-refractivity contribution in [2.24, 2.45) is 5.73 Å². The third-order valence-corrected chi connectivity index (χ3v) is 5.35. The van der Waals surface area contributed by atoms with Gasteiger partial charge in [-0.2, -0.15) is 0 Å². The lowest BCUT2D eigenvalue weighted by molar-refractivity contribution is 0.0277. The van der Waals surface area contributed by atoms with E-state index >= 15 is 0 Å². The van der Waals surface area contributed by atoms with Crippen molar-refractivity contribution in [2.45, 2.75) is 38.8 Å². The average molecular weight is 396 g/mol. The molecule has 0 amide bonds. The van der Waals surface area contributed by atoms with Crippen molar-refractivity contribution in [3.05, 3.63) is 64.3 Å². The van der Waals surface area contributed by atoms with E-state index in [0.717, 1.165) is 62.1 Å². The van der Waals surface area contributed by atoms with E-state index in [9.17, 15) is 4.79 Å². The molecule has 2 aliphatic heterocycles. The van der Waals surface area contributed by atoms with Gasteiger partial charge >= 0.3 is 0 Å². The Hall–Kier alpha value is -2.21. The number of piperidine rings is 1. The first kappa shape index (κ1) is 21.5. The number of ether oxygens (including phenoxy) is 1. The highest BCUT2D eigenvalue weighted by molar-refractivity contribution is 5.99. The molecular formula is C24H33N3O2. The number of anilines is 1. The largest absolute Gasteiger partial charge is 0.371 e. The van der Waals surface area contributed by atoms with Crippen molar-refractivity contribution in [3.8, 4) is 0 Å². The lowest BCUT2D eigenvalue weighted by atomic mass is 10.1. The van der Waals surface area contributed by atoms with E-state index in [1.807, 2.05) is 50.2 Å². The fraction of sp³-hybridized carbons (Fsp3) is 0.458. The maximum Gasteiger partial charge on any atom is 0.194 e. The minimum absolute atomic E-state index is 0.211. The van der Waals surface area contributed by atoms with Gasteiger partial charge in [0.15, 0.2) is 5.43 Å². The van der Waals surface area contributed by atoms with E-state index in [4.69, 9.17) is 10.5 Å². The van der Waals surface area contributed by atoms with Crippen LogP contribution < -0.4 is 21.4 Å². The maximum absolute atomic E-state index is 11.2. The van der Waals surface area contributed by atoms with E-state index in [-0.39, 0.29) is 17.6 Å². The Labute approximate surface area is 173 Å². The van der Waals surface area contributed by atoms with Crippen LogP contribution >= 0.6 is 0 Å². The molecule has 3 N–H and O–H groups in total. The van der Waals surface area contributed by atoms with Gasteiger partial charge in [0, 0.05) is 48.7 Å². The van der Waals surface area contributed by atoms with Crippen LogP contribution in [0.3, 0.4) is 0 Å². The van der Waals surface area contributed by atoms with Gasteiger partial charge in [0.25, 0.3) is 0 Å². The van der Waals surface area contributed by atoms with Gasteiger partial charge in [-0.25, -0.2) is 0 Å². The monoisotopic (exact) mass is 395 g/mol. The molecule has 0 bridgehead atoms. The number of nitrogens with two attached hydrogens (primary N) is 1. The zero-order valence-corrected chi connectivity index (χ0v) is 17.6. The number of fused-ring (bicyclic) bond motifs is 1. The Balaban J connectivity index is 0.000000156. The number of morpholine rings is 1. The lowest BCUT2D eigenvalue weighted by Gasteiger charge is -2.32. The van der Waals surface area contributed by atoms with Crippen LogP contribution in [0.25, 0.3) is 10.8 Å². The first-order chi connectivity index (χ1) is 14.2. The van der Waals surface area contributed by atoms with Gasteiger partial charge in [0.05, 0.1) is 12.7 Å². The minimum atomic E-state index is 0.211. The number of benzene rings is 2. The molecule has 5 nitrogen and oxygen atoms in total. The predicted molar refractivity (Wildman–Crippen MR) is 121 cm³/mol. The van der Waals surface area contributed by atoms with Crippen LogP contribution in [0.5, 0.6) is 0 Å². The Morgan fingerprint density at radius 1 is 1.10 bits per heavy atom. The molecule has 29 heavy (non-hydrogen) atoms. The SMILES string of the molecule is CC.NC1CCCN(c2ccc3c(=O)c3c2)C1.c1ccc(C2CNCCO2)cc1. The second-order valence-corrected chi connectivity index (χ2v) is 7.38. The summed E-state index contributed by atoms with van der Waals surface area (Å²) in [5, 5.41) is 5.09. The van der Waals surface area contributed by atoms with Crippen molar-refractivity contribution in [2.75, 3.05) is 37.7 Å². The number of rotatable bonds is 2. The molecule has 0 aliphatic carbocycles. The van der Waals surface area contributed by atoms with Crippen LogP contribution in [0.1, 0.15) is 38.4 Å². The summed E-state index contributed by atoms with van der Waals surface area (Å²) in [6.07, 6.45) is 2.51. The summed E-state index contributed by atoms with van der Waals surface area (Å²) in [6.45, 7) is 8.70. The Bertz CT molecular complexity index is 880. The zero-order chi connectivity index (χ0) is 20.6. The second-order valence-electron chi connectivity index (χ2n) is 7.38. The number of nitrogens with one attached hydrogen (secondary N) is 1. The van der Waals surface area contributed by atoms with Gasteiger partial charge < -0.3 is 20.7 Å². The number of hydrogen-bond acceptors (Lipinski definition) is 5. The summed E-state index contributed by atoms with van der Waals surface area (Å²) < 4.78 is 5.60. The summed E-state index contributed by atoms with van der Waals surface area (Å²) in [6, 6.07) is 16.6. The fourth-order valence-corrected chi connectivity index (χ4v) is 3.76. The highest BCUT2D eigenvalue weighted by Crippen LogP contribution is 2.25. The van der Waals surface area contributed by atoms with Crippen molar-refractivity contribution < 1.29 is 4.74 Å². The molecule has 0 saturated carbocycles. The van der Waals surface area contributed by atoms with Crippen LogP contribution in [-0.2, 0) is 4.74 Å². The summed E-state index contributed by atoms with van der Waals surface area (Å²) >= 11 is 0. The minimum Gasteiger partial charge on any atom is -0.371 e. The summed E-state index contributed by atoms with van der Waals surface area (Å²) in [7, 11) is 0. The van der Waals surface area contributed by atoms with Gasteiger partial charge in [-0.3, -0.25) is 4.79 Å². The maximum atomic E-state index is 11.2. The van der Waals surface area contributed by atoms with Crippen LogP contribution in [0.2, 0.25) is 0 Å². The first-order valence-electron chi connectivity index (χ1n) is 10.8. The third kappa shape index (κ3) is 5.66. The van der Waals surface area contributed by atoms with Crippen molar-refractivity contribution in [1.82, 2.24) is 5.32 Å². The molecular weight excluding hydrogens is 362 g/mol. The highest BCUT2D eigenvalue weighted by atomic mass is 16.5. The quantitative estimate of drug-likeness (QED) is 0.696. The standard InChI is InChI=1S/C12H14N2O.C10H13NO.C2H6/c13-8-2-1-5-14(7-8)9-3-4-10-11(6-9)12(10)15;1-2-4-9(5-3-1)10-8-11-6-7-12-10;1-2/h3-4,6,8H,1-2,5,7,13H2;1-5,10-11H,6-8H2;1-2H3. The van der Waals surface area contributed by atoms with E-state index in [1.54, 1.807) is 0 Å². The summed E-state index contributed by atoms with van der Waals surface area (Å²) in [5.41, 5.74) is 8.56. The van der Waals surface area contributed by atoms with E-state index in [1.165, 1.54) is 5.56 Å². The average Bonchev–Trinajstić information content (AvgIpc) is 3.46. The second kappa shape index (κ2) is 10.5. The van der Waals surface area contributed by atoms with Crippen molar-refractivity contribution >= 4 is 16.5 Å². The molecule has 2 saturated heterocycles. The molecule has 5 heteroatoms. The first-order valence-corrected chi connectivity index (χ1v) is 10.8. The predicted octanol–water partition coefficient (Wildman–Crippen LogP) is 3.38. The molecule has 3 aromatic rings. The molecule has 0 spiro atoms. The normalized spacial score (nSPS) is 21.8. The molecule has 0 radical (unpaired) electrons. The van der Waals surface area contributed by atoms with Gasteiger partial charge in [-0.05, 0) is 36.6 Å². The van der Waals surface area contributed by atoms with Crippen LogP contribution in [0, 0.1) is 0 Å². The Morgan fingerprint density at radius 2 is 1.90 bits per heavy atom. The molecule has 3 aromatic carbocycles. The number of nitrogens with zero attached hydrogens (tertiary/aromatic N) is 1. The third-order valence-electron chi connectivity index (χ3n) is 5.35. The lowest BCUT2D eigenvalue weighted by Crippen LogP contribution is -2.42. The molecule has 5 rings (SSSR count). The van der Waals surface area contributed by atoms with Crippen LogP contribution in [0.15, 0.2) is 53.3 Å². The van der Waals surface area contributed by atoms with Gasteiger partial charge in [0.1, 0.15) is 0 Å². The zero-order valence-electron chi connectivity index (χ0n) is 17.6. The smallest absolute Gasteiger partial charge is 0.194 e. The summed E-state index contributed by atoms with van der Waals surface area (Å²) in [5.74, 6) is 0. The summed E-state index contributed by atoms with van der Waals surface area (Å²) in [4.78, 5) is 13.5. The Morgan fingerprint density at radius 3 is 2.55 bits per heavy atom. The van der Waals surface area contributed by atoms with E-state index in [0.29, 0.717) is 0 Å². The molecule has 2 fully saturated rings. The molecule has 2 atom stereocenters. The molecule has 0 aromatic heterocycles. The molecule has 2 aliphatic rings. The van der Waals surface area contributed by atoms with Gasteiger partial charge in [-0.15, -0.1) is 0 Å².